The lowest BCUT2D eigenvalue weighted by Crippen LogP contribution is -2.08. The molecule has 1 aliphatic rings. The average molecular weight is 293 g/mol. The van der Waals surface area contributed by atoms with Crippen LogP contribution in [-0.4, -0.2) is 4.98 Å². The second-order valence-corrected chi connectivity index (χ2v) is 5.72. The molecule has 0 fully saturated rings. The summed E-state index contributed by atoms with van der Waals surface area (Å²) in [4.78, 5) is 4.17. The Bertz CT molecular complexity index is 626. The van der Waals surface area contributed by atoms with Crippen LogP contribution in [0.4, 0.5) is 5.69 Å². The van der Waals surface area contributed by atoms with Crippen molar-refractivity contribution in [2.24, 2.45) is 0 Å². The van der Waals surface area contributed by atoms with E-state index in [4.69, 9.17) is 23.2 Å². The van der Waals surface area contributed by atoms with Gasteiger partial charge in [0.1, 0.15) is 0 Å². The van der Waals surface area contributed by atoms with E-state index in [9.17, 15) is 0 Å². The zero-order chi connectivity index (χ0) is 13.4. The standard InChI is InChI=1S/C15H14Cl2N2/c1-9-6-14(15(17)18-8-9)19-13-5-2-10-7-11(16)3-4-12(10)13/h3-4,6-8,13,19H,2,5H2,1H3. The van der Waals surface area contributed by atoms with Crippen LogP contribution in [0.3, 0.4) is 0 Å². The quantitative estimate of drug-likeness (QED) is 0.805. The lowest BCUT2D eigenvalue weighted by molar-refractivity contribution is 0.761. The molecule has 1 N–H and O–H groups in total. The molecule has 0 aliphatic heterocycles. The van der Waals surface area contributed by atoms with E-state index in [1.165, 1.54) is 11.1 Å². The van der Waals surface area contributed by atoms with Crippen LogP contribution in [0, 0.1) is 6.92 Å². The molecule has 1 heterocycles. The number of benzene rings is 1. The number of halogens is 2. The monoisotopic (exact) mass is 292 g/mol. The van der Waals surface area contributed by atoms with Gasteiger partial charge in [0.2, 0.25) is 0 Å². The number of aromatic nitrogens is 1. The fourth-order valence-corrected chi connectivity index (χ4v) is 2.93. The van der Waals surface area contributed by atoms with Crippen LogP contribution >= 0.6 is 23.2 Å². The second-order valence-electron chi connectivity index (χ2n) is 4.93. The zero-order valence-electron chi connectivity index (χ0n) is 10.6. The van der Waals surface area contributed by atoms with Gasteiger partial charge in [0.05, 0.1) is 11.7 Å². The first kappa shape index (κ1) is 12.8. The van der Waals surface area contributed by atoms with Gasteiger partial charge in [-0.05, 0) is 54.7 Å². The van der Waals surface area contributed by atoms with Gasteiger partial charge in [-0.25, -0.2) is 4.98 Å². The van der Waals surface area contributed by atoms with E-state index < -0.39 is 0 Å². The second kappa shape index (κ2) is 5.03. The van der Waals surface area contributed by atoms with Crippen LogP contribution in [0.15, 0.2) is 30.5 Å². The highest BCUT2D eigenvalue weighted by atomic mass is 35.5. The van der Waals surface area contributed by atoms with Crippen molar-refractivity contribution >= 4 is 28.9 Å². The molecule has 0 bridgehead atoms. The summed E-state index contributed by atoms with van der Waals surface area (Å²) >= 11 is 12.2. The summed E-state index contributed by atoms with van der Waals surface area (Å²) in [5.74, 6) is 0. The number of pyridine rings is 1. The molecule has 98 valence electrons. The molecule has 0 saturated heterocycles. The Hall–Kier alpha value is -1.25. The van der Waals surface area contributed by atoms with Crippen LogP contribution in [0.25, 0.3) is 0 Å². The minimum atomic E-state index is 0.286. The molecule has 1 aromatic heterocycles. The van der Waals surface area contributed by atoms with Crippen molar-refractivity contribution in [1.29, 1.82) is 0 Å². The Labute approximate surface area is 122 Å². The fourth-order valence-electron chi connectivity index (χ4n) is 2.58. The molecule has 4 heteroatoms. The first-order valence-corrected chi connectivity index (χ1v) is 7.06. The molecule has 19 heavy (non-hydrogen) atoms. The van der Waals surface area contributed by atoms with Gasteiger partial charge in [-0.15, -0.1) is 0 Å². The predicted octanol–water partition coefficient (Wildman–Crippen LogP) is 4.80. The van der Waals surface area contributed by atoms with Gasteiger partial charge in [0, 0.05) is 11.2 Å². The number of hydrogen-bond donors (Lipinski definition) is 1. The topological polar surface area (TPSA) is 24.9 Å². The Morgan fingerprint density at radius 2 is 2.11 bits per heavy atom. The van der Waals surface area contributed by atoms with Crippen molar-refractivity contribution in [2.45, 2.75) is 25.8 Å². The number of rotatable bonds is 2. The summed E-state index contributed by atoms with van der Waals surface area (Å²) in [6.07, 6.45) is 3.88. The van der Waals surface area contributed by atoms with E-state index in [0.29, 0.717) is 5.15 Å². The third-order valence-corrected chi connectivity index (χ3v) is 4.02. The lowest BCUT2D eigenvalue weighted by Gasteiger charge is -2.16. The van der Waals surface area contributed by atoms with Crippen LogP contribution in [0.2, 0.25) is 10.2 Å². The predicted molar refractivity (Wildman–Crippen MR) is 80.1 cm³/mol. The highest BCUT2D eigenvalue weighted by Crippen LogP contribution is 2.36. The third-order valence-electron chi connectivity index (χ3n) is 3.49. The normalized spacial score (nSPS) is 17.3. The molecule has 0 amide bonds. The van der Waals surface area contributed by atoms with E-state index in [1.54, 1.807) is 6.20 Å². The minimum absolute atomic E-state index is 0.286. The first-order valence-electron chi connectivity index (χ1n) is 6.30. The number of anilines is 1. The molecular weight excluding hydrogens is 279 g/mol. The van der Waals surface area contributed by atoms with Crippen LogP contribution in [0.1, 0.15) is 29.2 Å². The maximum Gasteiger partial charge on any atom is 0.152 e. The van der Waals surface area contributed by atoms with Gasteiger partial charge < -0.3 is 5.32 Å². The smallest absolute Gasteiger partial charge is 0.152 e. The highest BCUT2D eigenvalue weighted by Gasteiger charge is 2.23. The van der Waals surface area contributed by atoms with Crippen LogP contribution in [0.5, 0.6) is 0 Å². The van der Waals surface area contributed by atoms with Gasteiger partial charge >= 0.3 is 0 Å². The van der Waals surface area contributed by atoms with Crippen molar-refractivity contribution in [3.05, 3.63) is 57.3 Å². The van der Waals surface area contributed by atoms with Crippen molar-refractivity contribution in [3.63, 3.8) is 0 Å². The SMILES string of the molecule is Cc1cnc(Cl)c(NC2CCc3cc(Cl)ccc32)c1. The molecule has 1 aliphatic carbocycles. The first-order chi connectivity index (χ1) is 9.13. The van der Waals surface area contributed by atoms with Gasteiger partial charge in [-0.3, -0.25) is 0 Å². The van der Waals surface area contributed by atoms with E-state index in [2.05, 4.69) is 22.4 Å². The molecule has 0 saturated carbocycles. The number of nitrogens with one attached hydrogen (secondary N) is 1. The summed E-state index contributed by atoms with van der Waals surface area (Å²) in [5, 5.41) is 4.81. The highest BCUT2D eigenvalue weighted by molar-refractivity contribution is 6.32. The van der Waals surface area contributed by atoms with E-state index in [1.807, 2.05) is 19.1 Å². The van der Waals surface area contributed by atoms with Crippen LogP contribution < -0.4 is 5.32 Å². The number of nitrogens with zero attached hydrogens (tertiary/aromatic N) is 1. The summed E-state index contributed by atoms with van der Waals surface area (Å²) < 4.78 is 0. The number of fused-ring (bicyclic) bond motifs is 1. The maximum atomic E-state index is 6.13. The third kappa shape index (κ3) is 2.56. The molecule has 1 atom stereocenters. The molecular formula is C15H14Cl2N2. The van der Waals surface area contributed by atoms with E-state index in [-0.39, 0.29) is 6.04 Å². The van der Waals surface area contributed by atoms with Crippen LogP contribution in [-0.2, 0) is 6.42 Å². The fraction of sp³-hybridized carbons (Fsp3) is 0.267. The van der Waals surface area contributed by atoms with Crippen molar-refractivity contribution < 1.29 is 0 Å². The lowest BCUT2D eigenvalue weighted by atomic mass is 10.1. The molecule has 1 aromatic carbocycles. The summed E-state index contributed by atoms with van der Waals surface area (Å²) in [6, 6.07) is 8.40. The largest absolute Gasteiger partial charge is 0.376 e. The number of aryl methyl sites for hydroxylation is 2. The molecule has 2 aromatic rings. The molecule has 0 radical (unpaired) electrons. The summed E-state index contributed by atoms with van der Waals surface area (Å²) in [7, 11) is 0. The maximum absolute atomic E-state index is 6.13. The Kier molecular flexibility index (Phi) is 3.38. The van der Waals surface area contributed by atoms with Gasteiger partial charge in [0.15, 0.2) is 5.15 Å². The molecule has 2 nitrogen and oxygen atoms in total. The Morgan fingerprint density at radius 3 is 2.95 bits per heavy atom. The Balaban J connectivity index is 1.88. The van der Waals surface area contributed by atoms with Crippen molar-refractivity contribution in [3.8, 4) is 0 Å². The summed E-state index contributed by atoms with van der Waals surface area (Å²) in [5.41, 5.74) is 4.62. The molecule has 3 rings (SSSR count). The zero-order valence-corrected chi connectivity index (χ0v) is 12.1. The minimum Gasteiger partial charge on any atom is -0.376 e. The van der Waals surface area contributed by atoms with Crippen molar-refractivity contribution in [1.82, 2.24) is 4.98 Å². The molecule has 1 unspecified atom stereocenters. The van der Waals surface area contributed by atoms with E-state index >= 15 is 0 Å². The Morgan fingerprint density at radius 1 is 1.26 bits per heavy atom. The number of hydrogen-bond acceptors (Lipinski definition) is 2. The van der Waals surface area contributed by atoms with Gasteiger partial charge in [-0.1, -0.05) is 29.3 Å². The summed E-state index contributed by atoms with van der Waals surface area (Å²) in [6.45, 7) is 2.01. The van der Waals surface area contributed by atoms with E-state index in [0.717, 1.165) is 29.1 Å². The average Bonchev–Trinajstić information content (AvgIpc) is 2.76. The van der Waals surface area contributed by atoms with Crippen molar-refractivity contribution in [2.75, 3.05) is 5.32 Å². The van der Waals surface area contributed by atoms with Gasteiger partial charge in [0.25, 0.3) is 0 Å². The molecule has 0 spiro atoms. The van der Waals surface area contributed by atoms with Gasteiger partial charge in [-0.2, -0.15) is 0 Å².